The van der Waals surface area contributed by atoms with Crippen molar-refractivity contribution in [1.29, 1.82) is 0 Å². The van der Waals surface area contributed by atoms with Crippen LogP contribution < -0.4 is 0 Å². The van der Waals surface area contributed by atoms with Gasteiger partial charge in [0.15, 0.2) is 0 Å². The molecule has 11 heavy (non-hydrogen) atoms. The van der Waals surface area contributed by atoms with Gasteiger partial charge in [0.1, 0.15) is 0 Å². The third-order valence-corrected chi connectivity index (χ3v) is 7.67. The van der Waals surface area contributed by atoms with E-state index in [9.17, 15) is 0 Å². The predicted octanol–water partition coefficient (Wildman–Crippen LogP) is 3.77. The maximum atomic E-state index is 3.25. The topological polar surface area (TPSA) is 0 Å². The van der Waals surface area contributed by atoms with Crippen LogP contribution in [0, 0.1) is 0 Å². The molecule has 0 bridgehead atoms. The number of allylic oxidation sites excluding steroid dienone is 1. The fraction of sp³-hybridized carbons (Fsp3) is 0.700. The van der Waals surface area contributed by atoms with Crippen LogP contribution in [0.15, 0.2) is 17.5 Å². The molecule has 0 saturated carbocycles. The summed E-state index contributed by atoms with van der Waals surface area (Å²) in [6.07, 6.45) is 2.02. The molecule has 0 spiro atoms. The van der Waals surface area contributed by atoms with Crippen LogP contribution in [0.5, 0.6) is 0 Å². The van der Waals surface area contributed by atoms with Crippen LogP contribution in [-0.2, 0) is 0 Å². The van der Waals surface area contributed by atoms with Gasteiger partial charge in [-0.2, -0.15) is 0 Å². The van der Waals surface area contributed by atoms with Crippen LogP contribution in [0.3, 0.4) is 0 Å². The van der Waals surface area contributed by atoms with E-state index < -0.39 is 8.07 Å². The molecule has 1 heteroatoms. The van der Waals surface area contributed by atoms with Crippen molar-refractivity contribution in [3.8, 4) is 0 Å². The zero-order chi connectivity index (χ0) is 8.74. The van der Waals surface area contributed by atoms with E-state index >= 15 is 0 Å². The van der Waals surface area contributed by atoms with Crippen molar-refractivity contribution >= 4 is 8.07 Å². The predicted molar refractivity (Wildman–Crippen MR) is 55.5 cm³/mol. The molecule has 0 atom stereocenters. The summed E-state index contributed by atoms with van der Waals surface area (Å²) in [4.78, 5) is 0. The Morgan fingerprint density at radius 3 is 1.82 bits per heavy atom. The third-order valence-electron chi connectivity index (χ3n) is 2.67. The molecule has 0 aromatic heterocycles. The quantitative estimate of drug-likeness (QED) is 0.443. The molecule has 0 nitrogen and oxygen atoms in total. The second-order valence-corrected chi connectivity index (χ2v) is 8.16. The molecular weight excluding hydrogens is 148 g/mol. The molecule has 0 fully saturated rings. The van der Waals surface area contributed by atoms with Gasteiger partial charge in [0.25, 0.3) is 0 Å². The van der Waals surface area contributed by atoms with Crippen LogP contribution in [-0.4, -0.2) is 8.07 Å². The van der Waals surface area contributed by atoms with E-state index in [-0.39, 0.29) is 0 Å². The Kier molecular flexibility index (Phi) is 5.27. The van der Waals surface area contributed by atoms with Gasteiger partial charge in [-0.15, -0.1) is 5.73 Å². The van der Waals surface area contributed by atoms with E-state index in [2.05, 4.69) is 32.2 Å². The Labute approximate surface area is 72.0 Å². The number of hydrogen-bond acceptors (Lipinski definition) is 0. The molecule has 0 radical (unpaired) electrons. The highest BCUT2D eigenvalue weighted by Crippen LogP contribution is 2.20. The highest BCUT2D eigenvalue weighted by atomic mass is 28.3. The smallest absolute Gasteiger partial charge is 0.0864 e. The maximum Gasteiger partial charge on any atom is 0.0864 e. The van der Waals surface area contributed by atoms with Gasteiger partial charge in [-0.25, -0.2) is 0 Å². The third kappa shape index (κ3) is 3.09. The molecule has 0 aliphatic rings. The van der Waals surface area contributed by atoms with Crippen molar-refractivity contribution in [3.05, 3.63) is 17.5 Å². The summed E-state index contributed by atoms with van der Waals surface area (Å²) in [6, 6.07) is 4.09. The fourth-order valence-corrected chi connectivity index (χ4v) is 3.95. The Morgan fingerprint density at radius 1 is 1.09 bits per heavy atom. The van der Waals surface area contributed by atoms with Crippen molar-refractivity contribution in [1.82, 2.24) is 0 Å². The minimum Gasteiger partial charge on any atom is -0.134 e. The van der Waals surface area contributed by atoms with Gasteiger partial charge in [-0.3, -0.25) is 0 Å². The summed E-state index contributed by atoms with van der Waals surface area (Å²) >= 11 is 0. The first-order valence-corrected chi connectivity index (χ1v) is 7.32. The fourth-order valence-electron chi connectivity index (χ4n) is 1.32. The van der Waals surface area contributed by atoms with Crippen LogP contribution in [0.4, 0.5) is 0 Å². The lowest BCUT2D eigenvalue weighted by Crippen LogP contribution is -2.28. The zero-order valence-corrected chi connectivity index (χ0v) is 9.28. The van der Waals surface area contributed by atoms with Gasteiger partial charge in [-0.05, 0) is 13.0 Å². The van der Waals surface area contributed by atoms with E-state index in [1.54, 1.807) is 0 Å². The lowest BCUT2D eigenvalue weighted by Gasteiger charge is -2.21. The van der Waals surface area contributed by atoms with Crippen molar-refractivity contribution < 1.29 is 0 Å². The summed E-state index contributed by atoms with van der Waals surface area (Å²) < 4.78 is 0. The molecular formula is C10H20Si. The largest absolute Gasteiger partial charge is 0.134 e. The van der Waals surface area contributed by atoms with E-state index in [4.69, 9.17) is 0 Å². The van der Waals surface area contributed by atoms with E-state index in [1.165, 1.54) is 18.1 Å². The average Bonchev–Trinajstić information content (AvgIpc) is 2.08. The molecule has 0 aliphatic heterocycles. The number of hydrogen-bond donors (Lipinski definition) is 0. The summed E-state index contributed by atoms with van der Waals surface area (Å²) in [5.41, 5.74) is 5.62. The zero-order valence-electron chi connectivity index (χ0n) is 8.28. The molecule has 0 unspecified atom stereocenters. The lowest BCUT2D eigenvalue weighted by atomic mass is 10.7. The molecule has 0 rings (SSSR count). The maximum absolute atomic E-state index is 3.25. The standard InChI is InChI=1S/C10H20Si/c1-5-9-10-11(6-2,7-3)8-4/h5,10H,6-8H2,1-4H3. The van der Waals surface area contributed by atoms with Gasteiger partial charge in [0, 0.05) is 0 Å². The van der Waals surface area contributed by atoms with Gasteiger partial charge in [0.05, 0.1) is 8.07 Å². The van der Waals surface area contributed by atoms with Crippen molar-refractivity contribution in [2.24, 2.45) is 0 Å². The minimum absolute atomic E-state index is 1.01. The van der Waals surface area contributed by atoms with Crippen LogP contribution in [0.1, 0.15) is 27.7 Å². The van der Waals surface area contributed by atoms with Crippen LogP contribution >= 0.6 is 0 Å². The number of rotatable bonds is 4. The van der Waals surface area contributed by atoms with Crippen LogP contribution in [0.2, 0.25) is 18.1 Å². The van der Waals surface area contributed by atoms with Gasteiger partial charge in [-0.1, -0.05) is 44.6 Å². The first-order valence-electron chi connectivity index (χ1n) is 4.63. The first-order chi connectivity index (χ1) is 5.24. The first kappa shape index (κ1) is 10.7. The Hall–Kier alpha value is -0.263. The second-order valence-electron chi connectivity index (χ2n) is 3.02. The summed E-state index contributed by atoms with van der Waals surface area (Å²) in [7, 11) is -1.01. The van der Waals surface area contributed by atoms with Gasteiger partial charge in [0.2, 0.25) is 0 Å². The molecule has 0 aliphatic carbocycles. The van der Waals surface area contributed by atoms with E-state index in [0.717, 1.165) is 0 Å². The van der Waals surface area contributed by atoms with E-state index in [1.807, 2.05) is 13.0 Å². The Bertz CT molecular complexity index is 140. The molecule has 64 valence electrons. The SMILES string of the molecule is CC=C=C[Si](CC)(CC)CC. The Morgan fingerprint density at radius 2 is 1.55 bits per heavy atom. The lowest BCUT2D eigenvalue weighted by molar-refractivity contribution is 1.19. The van der Waals surface area contributed by atoms with Crippen molar-refractivity contribution in [2.45, 2.75) is 45.8 Å². The molecule has 0 amide bonds. The molecule has 0 heterocycles. The molecule has 0 aromatic rings. The molecule has 0 saturated heterocycles. The molecule has 0 N–H and O–H groups in total. The minimum atomic E-state index is -1.01. The van der Waals surface area contributed by atoms with Crippen molar-refractivity contribution in [3.63, 3.8) is 0 Å². The van der Waals surface area contributed by atoms with Gasteiger partial charge < -0.3 is 0 Å². The van der Waals surface area contributed by atoms with Gasteiger partial charge >= 0.3 is 0 Å². The summed E-state index contributed by atoms with van der Waals surface area (Å²) in [5.74, 6) is 0. The van der Waals surface area contributed by atoms with Crippen molar-refractivity contribution in [2.75, 3.05) is 0 Å². The average molecular weight is 168 g/mol. The highest BCUT2D eigenvalue weighted by molar-refractivity contribution is 6.84. The molecule has 0 aromatic carbocycles. The monoisotopic (exact) mass is 168 g/mol. The summed E-state index contributed by atoms with van der Waals surface area (Å²) in [5, 5.41) is 0. The second kappa shape index (κ2) is 5.40. The van der Waals surface area contributed by atoms with E-state index in [0.29, 0.717) is 0 Å². The van der Waals surface area contributed by atoms with Crippen LogP contribution in [0.25, 0.3) is 0 Å². The Balaban J connectivity index is 4.41. The normalized spacial score (nSPS) is 10.5. The highest BCUT2D eigenvalue weighted by Gasteiger charge is 2.22. The summed E-state index contributed by atoms with van der Waals surface area (Å²) in [6.45, 7) is 8.98.